The van der Waals surface area contributed by atoms with Gasteiger partial charge in [-0.15, -0.1) is 0 Å². The molecule has 182 valence electrons. The van der Waals surface area contributed by atoms with Crippen molar-refractivity contribution >= 4 is 50.2 Å². The Kier molecular flexibility index (Phi) is 8.57. The van der Waals surface area contributed by atoms with Gasteiger partial charge >= 0.3 is 5.97 Å². The van der Waals surface area contributed by atoms with Crippen LogP contribution in [0.25, 0.3) is 16.5 Å². The maximum atomic E-state index is 13.0. The van der Waals surface area contributed by atoms with Crippen LogP contribution in [-0.2, 0) is 20.7 Å². The van der Waals surface area contributed by atoms with E-state index in [1.54, 1.807) is 19.2 Å². The Bertz CT molecular complexity index is 1430. The normalized spacial score (nSPS) is 11.7. The van der Waals surface area contributed by atoms with E-state index in [0.29, 0.717) is 17.1 Å². The van der Waals surface area contributed by atoms with Gasteiger partial charge in [0, 0.05) is 17.2 Å². The zero-order valence-electron chi connectivity index (χ0n) is 19.7. The Hall–Kier alpha value is -3.41. The Labute approximate surface area is 222 Å². The first kappa shape index (κ1) is 25.7. The molecule has 0 aliphatic carbocycles. The summed E-state index contributed by atoms with van der Waals surface area (Å²) in [6.07, 6.45) is 2.24. The molecular weight excluding hydrogens is 538 g/mol. The minimum atomic E-state index is -0.533. The van der Waals surface area contributed by atoms with Crippen LogP contribution in [0.5, 0.6) is 0 Å². The van der Waals surface area contributed by atoms with Gasteiger partial charge in [-0.1, -0.05) is 66.4 Å². The Morgan fingerprint density at radius 2 is 1.81 bits per heavy atom. The van der Waals surface area contributed by atoms with Crippen molar-refractivity contribution in [2.75, 3.05) is 12.4 Å². The third-order valence-corrected chi connectivity index (χ3v) is 7.30. The van der Waals surface area contributed by atoms with Gasteiger partial charge < -0.3 is 4.74 Å². The van der Waals surface area contributed by atoms with E-state index in [1.807, 2.05) is 65.2 Å². The highest BCUT2D eigenvalue weighted by Crippen LogP contribution is 2.32. The van der Waals surface area contributed by atoms with Crippen molar-refractivity contribution in [2.45, 2.75) is 24.9 Å². The zero-order valence-corrected chi connectivity index (χ0v) is 22.1. The molecular formula is C28H24BrN3O3S. The average Bonchev–Trinajstić information content (AvgIpc) is 3.27. The molecule has 0 amide bonds. The molecule has 1 heterocycles. The van der Waals surface area contributed by atoms with E-state index in [-0.39, 0.29) is 30.5 Å². The molecule has 6 nitrogen and oxygen atoms in total. The predicted molar refractivity (Wildman–Crippen MR) is 144 cm³/mol. The molecule has 8 heteroatoms. The number of carbonyl (C=O) groups is 2. The lowest BCUT2D eigenvalue weighted by Crippen LogP contribution is -2.24. The molecule has 1 unspecified atom stereocenters. The number of thioether (sulfide) groups is 1. The number of hydrogen-bond donors (Lipinski definition) is 0. The lowest BCUT2D eigenvalue weighted by atomic mass is 9.94. The fourth-order valence-corrected chi connectivity index (χ4v) is 5.53. The number of aromatic nitrogens is 2. The number of rotatable bonds is 10. The molecule has 1 atom stereocenters. The van der Waals surface area contributed by atoms with Crippen molar-refractivity contribution in [1.82, 2.24) is 9.55 Å². The molecule has 0 fully saturated rings. The molecule has 0 bridgehead atoms. The van der Waals surface area contributed by atoms with E-state index in [1.165, 1.54) is 11.8 Å². The van der Waals surface area contributed by atoms with Crippen LogP contribution >= 0.6 is 27.7 Å². The quantitative estimate of drug-likeness (QED) is 0.171. The van der Waals surface area contributed by atoms with E-state index in [0.717, 1.165) is 26.6 Å². The summed E-state index contributed by atoms with van der Waals surface area (Å²) in [5.41, 5.74) is 2.44. The molecule has 0 aliphatic rings. The predicted octanol–water partition coefficient (Wildman–Crippen LogP) is 6.13. The fourth-order valence-electron chi connectivity index (χ4n) is 4.09. The Morgan fingerprint density at radius 3 is 2.53 bits per heavy atom. The van der Waals surface area contributed by atoms with Gasteiger partial charge in [0.15, 0.2) is 5.16 Å². The molecule has 4 aromatic rings. The van der Waals surface area contributed by atoms with E-state index >= 15 is 0 Å². The van der Waals surface area contributed by atoms with Crippen LogP contribution in [0, 0.1) is 17.2 Å². The van der Waals surface area contributed by atoms with Crippen LogP contribution in [0.3, 0.4) is 0 Å². The van der Waals surface area contributed by atoms with Crippen molar-refractivity contribution in [3.8, 4) is 11.8 Å². The number of nitriles is 1. The van der Waals surface area contributed by atoms with Crippen molar-refractivity contribution in [3.05, 3.63) is 88.7 Å². The van der Waals surface area contributed by atoms with Crippen molar-refractivity contribution in [2.24, 2.45) is 5.92 Å². The number of ether oxygens (including phenoxy) is 1. The molecule has 0 N–H and O–H groups in total. The average molecular weight is 562 g/mol. The molecule has 0 spiro atoms. The lowest BCUT2D eigenvalue weighted by Gasteiger charge is -2.15. The monoisotopic (exact) mass is 561 g/mol. The highest BCUT2D eigenvalue weighted by atomic mass is 79.9. The van der Waals surface area contributed by atoms with Crippen LogP contribution in [-0.4, -0.2) is 33.7 Å². The highest BCUT2D eigenvalue weighted by Gasteiger charge is 2.24. The van der Waals surface area contributed by atoms with Crippen LogP contribution in [0.1, 0.15) is 24.5 Å². The zero-order chi connectivity index (χ0) is 25.5. The summed E-state index contributed by atoms with van der Waals surface area (Å²) in [6.45, 7) is 2.04. The summed E-state index contributed by atoms with van der Waals surface area (Å²) in [4.78, 5) is 30.0. The first-order valence-electron chi connectivity index (χ1n) is 11.5. The number of esters is 1. The van der Waals surface area contributed by atoms with Gasteiger partial charge in [-0.2, -0.15) is 5.26 Å². The number of ketones is 1. The summed E-state index contributed by atoms with van der Waals surface area (Å²) < 4.78 is 7.90. The fraction of sp³-hybridized carbons (Fsp3) is 0.214. The standard InChI is InChI=1S/C28H24BrN3O3S/c1-2-35-27(34)21(14-19-8-4-3-5-9-19)15-22(33)18-36-28-31-17-26(29)32(28)25-13-12-20(16-30)23-10-6-7-11-24(23)25/h3-13,17,21H,2,14-15,18H2,1H3. The molecule has 1 aromatic heterocycles. The van der Waals surface area contributed by atoms with Crippen LogP contribution in [0.15, 0.2) is 82.7 Å². The number of nitrogens with zero attached hydrogens (tertiary/aromatic N) is 3. The first-order chi connectivity index (χ1) is 17.5. The first-order valence-corrected chi connectivity index (χ1v) is 13.3. The van der Waals surface area contributed by atoms with E-state index in [9.17, 15) is 14.9 Å². The number of Topliss-reactive ketones (excluding diaryl/α,β-unsaturated/α-hetero) is 1. The Morgan fingerprint density at radius 1 is 1.08 bits per heavy atom. The second-order valence-electron chi connectivity index (χ2n) is 8.16. The molecule has 0 saturated carbocycles. The summed E-state index contributed by atoms with van der Waals surface area (Å²) >= 11 is 4.89. The van der Waals surface area contributed by atoms with Crippen molar-refractivity contribution in [3.63, 3.8) is 0 Å². The number of imidazole rings is 1. The molecule has 0 aliphatic heterocycles. The van der Waals surface area contributed by atoms with Gasteiger partial charge in [-0.3, -0.25) is 14.2 Å². The van der Waals surface area contributed by atoms with Gasteiger partial charge in [0.05, 0.1) is 41.8 Å². The van der Waals surface area contributed by atoms with E-state index in [4.69, 9.17) is 4.74 Å². The van der Waals surface area contributed by atoms with Gasteiger partial charge in [0.1, 0.15) is 10.4 Å². The van der Waals surface area contributed by atoms with Gasteiger partial charge in [0.25, 0.3) is 0 Å². The summed E-state index contributed by atoms with van der Waals surface area (Å²) in [5, 5.41) is 11.9. The summed E-state index contributed by atoms with van der Waals surface area (Å²) in [5.74, 6) is -0.769. The van der Waals surface area contributed by atoms with Crippen LogP contribution < -0.4 is 0 Å². The van der Waals surface area contributed by atoms with Crippen LogP contribution in [0.4, 0.5) is 0 Å². The van der Waals surface area contributed by atoms with Gasteiger partial charge in [-0.05, 0) is 47.0 Å². The smallest absolute Gasteiger partial charge is 0.309 e. The number of carbonyl (C=O) groups excluding carboxylic acids is 2. The third kappa shape index (κ3) is 5.86. The Balaban J connectivity index is 1.53. The second kappa shape index (κ2) is 12.0. The topological polar surface area (TPSA) is 85.0 Å². The van der Waals surface area contributed by atoms with E-state index < -0.39 is 5.92 Å². The second-order valence-corrected chi connectivity index (χ2v) is 9.91. The minimum absolute atomic E-state index is 0.0515. The number of fused-ring (bicyclic) bond motifs is 1. The van der Waals surface area contributed by atoms with Crippen molar-refractivity contribution < 1.29 is 14.3 Å². The number of halogens is 1. The molecule has 3 aromatic carbocycles. The van der Waals surface area contributed by atoms with Crippen LogP contribution in [0.2, 0.25) is 0 Å². The molecule has 0 saturated heterocycles. The maximum absolute atomic E-state index is 13.0. The molecule has 0 radical (unpaired) electrons. The largest absolute Gasteiger partial charge is 0.466 e. The van der Waals surface area contributed by atoms with Crippen molar-refractivity contribution in [1.29, 1.82) is 5.26 Å². The third-order valence-electron chi connectivity index (χ3n) is 5.73. The maximum Gasteiger partial charge on any atom is 0.309 e. The SMILES string of the molecule is CCOC(=O)C(CC(=O)CSc1ncc(Br)n1-c1ccc(C#N)c2ccccc12)Cc1ccccc1. The van der Waals surface area contributed by atoms with Gasteiger partial charge in [0.2, 0.25) is 0 Å². The minimum Gasteiger partial charge on any atom is -0.466 e. The molecule has 4 rings (SSSR count). The number of hydrogen-bond acceptors (Lipinski definition) is 6. The van der Waals surface area contributed by atoms with Gasteiger partial charge in [-0.25, -0.2) is 4.98 Å². The molecule has 36 heavy (non-hydrogen) atoms. The van der Waals surface area contributed by atoms with E-state index in [2.05, 4.69) is 27.0 Å². The highest BCUT2D eigenvalue weighted by molar-refractivity contribution is 9.10. The lowest BCUT2D eigenvalue weighted by molar-refractivity contribution is -0.149. The summed E-state index contributed by atoms with van der Waals surface area (Å²) in [6, 6.07) is 23.3. The summed E-state index contributed by atoms with van der Waals surface area (Å²) in [7, 11) is 0. The number of benzene rings is 3.